The van der Waals surface area contributed by atoms with E-state index in [2.05, 4.69) is 15.9 Å². The topological polar surface area (TPSA) is 54.5 Å². The van der Waals surface area contributed by atoms with Crippen molar-refractivity contribution in [3.8, 4) is 0 Å². The minimum absolute atomic E-state index is 0.0402. The van der Waals surface area contributed by atoms with Gasteiger partial charge in [0.2, 0.25) is 0 Å². The van der Waals surface area contributed by atoms with Crippen molar-refractivity contribution in [3.63, 3.8) is 0 Å². The molecule has 1 aliphatic heterocycles. The van der Waals surface area contributed by atoms with Gasteiger partial charge in [-0.2, -0.15) is 0 Å². The van der Waals surface area contributed by atoms with Gasteiger partial charge < -0.3 is 4.90 Å². The normalized spacial score (nSPS) is 18.9. The van der Waals surface area contributed by atoms with Gasteiger partial charge in [0.05, 0.1) is 11.5 Å². The lowest BCUT2D eigenvalue weighted by Gasteiger charge is -2.29. The zero-order valence-corrected chi connectivity index (χ0v) is 16.4. The molecule has 2 aromatic carbocycles. The number of halogens is 1. The van der Waals surface area contributed by atoms with Crippen molar-refractivity contribution in [2.75, 3.05) is 11.5 Å². The molecule has 2 aromatic rings. The van der Waals surface area contributed by atoms with Crippen molar-refractivity contribution in [1.82, 2.24) is 4.90 Å². The lowest BCUT2D eigenvalue weighted by molar-refractivity contribution is 0.0681. The molecular weight excluding hydrogens is 402 g/mol. The van der Waals surface area contributed by atoms with Crippen LogP contribution in [0.2, 0.25) is 0 Å². The predicted octanol–water partition coefficient (Wildman–Crippen LogP) is 3.59. The first-order valence-corrected chi connectivity index (χ1v) is 10.8. The van der Waals surface area contributed by atoms with E-state index in [1.165, 1.54) is 0 Å². The number of rotatable bonds is 4. The minimum atomic E-state index is -3.07. The van der Waals surface area contributed by atoms with Crippen LogP contribution in [0.3, 0.4) is 0 Å². The van der Waals surface area contributed by atoms with Gasteiger partial charge in [0.25, 0.3) is 5.91 Å². The van der Waals surface area contributed by atoms with Crippen LogP contribution in [-0.2, 0) is 16.4 Å². The number of hydrogen-bond donors (Lipinski definition) is 0. The molecule has 1 saturated heterocycles. The van der Waals surface area contributed by atoms with Crippen LogP contribution in [0.5, 0.6) is 0 Å². The van der Waals surface area contributed by atoms with Gasteiger partial charge in [-0.1, -0.05) is 45.8 Å². The van der Waals surface area contributed by atoms with Crippen molar-refractivity contribution >= 4 is 31.7 Å². The summed E-state index contributed by atoms with van der Waals surface area (Å²) in [6.45, 7) is 2.34. The number of sulfone groups is 1. The fourth-order valence-electron chi connectivity index (χ4n) is 3.16. The average molecular weight is 422 g/mol. The average Bonchev–Trinajstić information content (AvgIpc) is 2.92. The smallest absolute Gasteiger partial charge is 0.254 e. The van der Waals surface area contributed by atoms with Gasteiger partial charge >= 0.3 is 0 Å². The van der Waals surface area contributed by atoms with Gasteiger partial charge in [-0.25, -0.2) is 8.42 Å². The number of carbonyl (C=O) groups is 1. The first kappa shape index (κ1) is 18.1. The van der Waals surface area contributed by atoms with Gasteiger partial charge in [-0.05, 0) is 43.2 Å². The summed E-state index contributed by atoms with van der Waals surface area (Å²) in [5, 5.41) is 0. The quantitative estimate of drug-likeness (QED) is 0.757. The van der Waals surface area contributed by atoms with Gasteiger partial charge in [0.1, 0.15) is 0 Å². The van der Waals surface area contributed by atoms with E-state index in [1.807, 2.05) is 49.4 Å². The third-order valence-corrected chi connectivity index (χ3v) is 6.66. The number of carbonyl (C=O) groups excluding carboxylic acids is 1. The van der Waals surface area contributed by atoms with E-state index >= 15 is 0 Å². The summed E-state index contributed by atoms with van der Waals surface area (Å²) in [6.07, 6.45) is 0.494. The summed E-state index contributed by atoms with van der Waals surface area (Å²) in [7, 11) is -3.07. The molecule has 1 heterocycles. The van der Waals surface area contributed by atoms with E-state index in [1.54, 1.807) is 11.0 Å². The molecular formula is C19H20BrNO3S. The summed E-state index contributed by atoms with van der Waals surface area (Å²) in [6, 6.07) is 14.9. The van der Waals surface area contributed by atoms with Crippen molar-refractivity contribution in [2.24, 2.45) is 0 Å². The molecule has 0 spiro atoms. The third kappa shape index (κ3) is 4.50. The number of hydrogen-bond acceptors (Lipinski definition) is 3. The Labute approximate surface area is 156 Å². The second kappa shape index (κ2) is 7.30. The molecule has 0 N–H and O–H groups in total. The Hall–Kier alpha value is -1.66. The lowest BCUT2D eigenvalue weighted by atomic mass is 10.1. The monoisotopic (exact) mass is 421 g/mol. The summed E-state index contributed by atoms with van der Waals surface area (Å²) >= 11 is 3.45. The highest BCUT2D eigenvalue weighted by molar-refractivity contribution is 9.10. The van der Waals surface area contributed by atoms with Gasteiger partial charge in [-0.15, -0.1) is 0 Å². The van der Waals surface area contributed by atoms with E-state index in [9.17, 15) is 13.2 Å². The van der Waals surface area contributed by atoms with Crippen molar-refractivity contribution < 1.29 is 13.2 Å². The molecule has 0 unspecified atom stereocenters. The molecule has 0 saturated carbocycles. The summed E-state index contributed by atoms with van der Waals surface area (Å²) in [5.41, 5.74) is 2.58. The van der Waals surface area contributed by atoms with Crippen molar-refractivity contribution in [3.05, 3.63) is 69.7 Å². The zero-order valence-electron chi connectivity index (χ0n) is 14.0. The second-order valence-corrected chi connectivity index (χ2v) is 9.63. The molecule has 25 heavy (non-hydrogen) atoms. The molecule has 3 rings (SSSR count). The van der Waals surface area contributed by atoms with Gasteiger partial charge in [0.15, 0.2) is 9.84 Å². The zero-order chi connectivity index (χ0) is 18.0. The maximum absolute atomic E-state index is 13.1. The van der Waals surface area contributed by atoms with Gasteiger partial charge in [0, 0.05) is 22.6 Å². The third-order valence-electron chi connectivity index (χ3n) is 4.42. The fourth-order valence-corrected chi connectivity index (χ4v) is 5.34. The number of nitrogens with zero attached hydrogens (tertiary/aromatic N) is 1. The molecule has 0 aromatic heterocycles. The predicted molar refractivity (Wildman–Crippen MR) is 102 cm³/mol. The van der Waals surface area contributed by atoms with Crippen LogP contribution in [0.4, 0.5) is 0 Å². The van der Waals surface area contributed by atoms with Crippen LogP contribution < -0.4 is 0 Å². The minimum Gasteiger partial charge on any atom is -0.330 e. The maximum atomic E-state index is 13.1. The van der Waals surface area contributed by atoms with Crippen LogP contribution in [0.25, 0.3) is 0 Å². The van der Waals surface area contributed by atoms with Crippen molar-refractivity contribution in [2.45, 2.75) is 25.9 Å². The molecule has 1 amide bonds. The number of amides is 1. The molecule has 6 heteroatoms. The molecule has 1 atom stereocenters. The molecule has 1 aliphatic rings. The van der Waals surface area contributed by atoms with Crippen LogP contribution in [0.1, 0.15) is 27.9 Å². The van der Waals surface area contributed by atoms with E-state index < -0.39 is 9.84 Å². The SMILES string of the molecule is Cc1cccc(C(=O)N(Cc2cccc(Br)c2)[C@@H]2CCS(=O)(=O)C2)c1. The Balaban J connectivity index is 1.92. The standard InChI is InChI=1S/C19H20BrNO3S/c1-14-4-2-6-16(10-14)19(22)21(18-8-9-25(23,24)13-18)12-15-5-3-7-17(20)11-15/h2-7,10-11,18H,8-9,12-13H2,1H3/t18-/m1/s1. The Kier molecular flexibility index (Phi) is 5.29. The van der Waals surface area contributed by atoms with Crippen LogP contribution in [0, 0.1) is 6.92 Å². The summed E-state index contributed by atoms with van der Waals surface area (Å²) in [5.74, 6) is 0.0672. The summed E-state index contributed by atoms with van der Waals surface area (Å²) < 4.78 is 24.8. The van der Waals surface area contributed by atoms with E-state index in [0.29, 0.717) is 18.5 Å². The Bertz CT molecular complexity index is 895. The van der Waals surface area contributed by atoms with Crippen molar-refractivity contribution in [1.29, 1.82) is 0 Å². The number of benzene rings is 2. The molecule has 132 valence electrons. The molecule has 0 bridgehead atoms. The fraction of sp³-hybridized carbons (Fsp3) is 0.316. The van der Waals surface area contributed by atoms with E-state index in [0.717, 1.165) is 15.6 Å². The highest BCUT2D eigenvalue weighted by Crippen LogP contribution is 2.23. The highest BCUT2D eigenvalue weighted by Gasteiger charge is 2.35. The molecule has 0 aliphatic carbocycles. The van der Waals surface area contributed by atoms with Gasteiger partial charge in [-0.3, -0.25) is 4.79 Å². The van der Waals surface area contributed by atoms with E-state index in [4.69, 9.17) is 0 Å². The largest absolute Gasteiger partial charge is 0.330 e. The number of aryl methyl sites for hydroxylation is 1. The Morgan fingerprint density at radius 2 is 1.96 bits per heavy atom. The van der Waals surface area contributed by atoms with E-state index in [-0.39, 0.29) is 23.5 Å². The lowest BCUT2D eigenvalue weighted by Crippen LogP contribution is -2.40. The van der Waals surface area contributed by atoms with Crippen LogP contribution >= 0.6 is 15.9 Å². The highest BCUT2D eigenvalue weighted by atomic mass is 79.9. The first-order valence-electron chi connectivity index (χ1n) is 8.16. The Morgan fingerprint density at radius 1 is 1.20 bits per heavy atom. The van der Waals surface area contributed by atoms with Crippen LogP contribution in [-0.4, -0.2) is 36.8 Å². The first-order chi connectivity index (χ1) is 11.8. The Morgan fingerprint density at radius 3 is 2.60 bits per heavy atom. The second-order valence-electron chi connectivity index (χ2n) is 6.49. The van der Waals surface area contributed by atoms with Crippen LogP contribution in [0.15, 0.2) is 53.0 Å². The molecule has 1 fully saturated rings. The molecule has 4 nitrogen and oxygen atoms in total. The maximum Gasteiger partial charge on any atom is 0.254 e. The molecule has 0 radical (unpaired) electrons. The summed E-state index contributed by atoms with van der Waals surface area (Å²) in [4.78, 5) is 14.8.